The molecule has 1 fully saturated rings. The minimum atomic E-state index is -0.611. The van der Waals surface area contributed by atoms with Gasteiger partial charge in [0.25, 0.3) is 5.56 Å². The molecule has 0 aromatic carbocycles. The molecule has 0 radical (unpaired) electrons. The van der Waals surface area contributed by atoms with Crippen LogP contribution in [-0.2, 0) is 0 Å². The second-order valence-electron chi connectivity index (χ2n) is 4.07. The van der Waals surface area contributed by atoms with Crippen LogP contribution < -0.4 is 16.1 Å². The SMILES string of the molecule is CC(O)C1CCN(c2n[nH]c(=O)[nH]c2=O)C1. The molecule has 2 atom stereocenters. The van der Waals surface area contributed by atoms with Gasteiger partial charge in [-0.25, -0.2) is 9.89 Å². The summed E-state index contributed by atoms with van der Waals surface area (Å²) in [6.07, 6.45) is 0.421. The number of hydrogen-bond donors (Lipinski definition) is 3. The third-order valence-corrected chi connectivity index (χ3v) is 2.90. The lowest BCUT2D eigenvalue weighted by atomic mass is 10.0. The summed E-state index contributed by atoms with van der Waals surface area (Å²) in [7, 11) is 0. The molecule has 0 spiro atoms. The molecule has 2 heterocycles. The molecule has 0 bridgehead atoms. The molecular formula is C9H14N4O3. The van der Waals surface area contributed by atoms with E-state index in [9.17, 15) is 14.7 Å². The Balaban J connectivity index is 2.21. The first-order valence-corrected chi connectivity index (χ1v) is 5.20. The summed E-state index contributed by atoms with van der Waals surface area (Å²) in [6.45, 7) is 2.98. The van der Waals surface area contributed by atoms with Crippen LogP contribution >= 0.6 is 0 Å². The van der Waals surface area contributed by atoms with Crippen LogP contribution in [0.4, 0.5) is 5.82 Å². The summed E-state index contributed by atoms with van der Waals surface area (Å²) >= 11 is 0. The van der Waals surface area contributed by atoms with Gasteiger partial charge in [-0.1, -0.05) is 0 Å². The average molecular weight is 226 g/mol. The van der Waals surface area contributed by atoms with Crippen molar-refractivity contribution in [3.63, 3.8) is 0 Å². The fourth-order valence-corrected chi connectivity index (χ4v) is 1.93. The molecular weight excluding hydrogens is 212 g/mol. The second kappa shape index (κ2) is 4.09. The van der Waals surface area contributed by atoms with Crippen molar-refractivity contribution in [1.82, 2.24) is 15.2 Å². The van der Waals surface area contributed by atoms with Crippen molar-refractivity contribution in [2.45, 2.75) is 19.4 Å². The van der Waals surface area contributed by atoms with E-state index in [1.54, 1.807) is 11.8 Å². The predicted octanol–water partition coefficient (Wildman–Crippen LogP) is -1.33. The molecule has 2 rings (SSSR count). The van der Waals surface area contributed by atoms with Gasteiger partial charge in [-0.2, -0.15) is 0 Å². The maximum absolute atomic E-state index is 11.5. The van der Waals surface area contributed by atoms with Gasteiger partial charge in [0, 0.05) is 19.0 Å². The summed E-state index contributed by atoms with van der Waals surface area (Å²) in [4.78, 5) is 26.2. The molecule has 7 heteroatoms. The number of aliphatic hydroxyl groups excluding tert-OH is 1. The molecule has 3 N–H and O–H groups in total. The maximum Gasteiger partial charge on any atom is 0.342 e. The number of aliphatic hydroxyl groups is 1. The van der Waals surface area contributed by atoms with E-state index < -0.39 is 17.4 Å². The van der Waals surface area contributed by atoms with E-state index in [0.29, 0.717) is 13.1 Å². The van der Waals surface area contributed by atoms with Gasteiger partial charge in [-0.3, -0.25) is 9.78 Å². The number of hydrogen-bond acceptors (Lipinski definition) is 5. The fraction of sp³-hybridized carbons (Fsp3) is 0.667. The topological polar surface area (TPSA) is 102 Å². The first kappa shape index (κ1) is 10.9. The summed E-state index contributed by atoms with van der Waals surface area (Å²) in [5, 5.41) is 15.4. The second-order valence-corrected chi connectivity index (χ2v) is 4.07. The summed E-state index contributed by atoms with van der Waals surface area (Å²) in [6, 6.07) is 0. The maximum atomic E-state index is 11.5. The van der Waals surface area contributed by atoms with Gasteiger partial charge in [-0.05, 0) is 13.3 Å². The normalized spacial score (nSPS) is 22.4. The van der Waals surface area contributed by atoms with Gasteiger partial charge in [0.15, 0.2) is 0 Å². The van der Waals surface area contributed by atoms with Crippen molar-refractivity contribution >= 4 is 5.82 Å². The Bertz CT molecular complexity index is 478. The van der Waals surface area contributed by atoms with Crippen molar-refractivity contribution in [3.8, 4) is 0 Å². The van der Waals surface area contributed by atoms with Gasteiger partial charge < -0.3 is 10.0 Å². The Kier molecular flexibility index (Phi) is 2.78. The van der Waals surface area contributed by atoms with Gasteiger partial charge in [0.05, 0.1) is 6.10 Å². The Labute approximate surface area is 91.1 Å². The van der Waals surface area contributed by atoms with Gasteiger partial charge in [0.1, 0.15) is 0 Å². The number of H-pyrrole nitrogens is 2. The first-order valence-electron chi connectivity index (χ1n) is 5.20. The molecule has 1 aromatic rings. The van der Waals surface area contributed by atoms with E-state index >= 15 is 0 Å². The Hall–Kier alpha value is -1.63. The summed E-state index contributed by atoms with van der Waals surface area (Å²) in [5.41, 5.74) is -1.10. The van der Waals surface area contributed by atoms with E-state index in [1.807, 2.05) is 0 Å². The van der Waals surface area contributed by atoms with Crippen LogP contribution in [0.25, 0.3) is 0 Å². The van der Waals surface area contributed by atoms with Crippen LogP contribution in [0.2, 0.25) is 0 Å². The molecule has 1 aromatic heterocycles. The van der Waals surface area contributed by atoms with Crippen LogP contribution in [0.5, 0.6) is 0 Å². The Morgan fingerprint density at radius 3 is 2.88 bits per heavy atom. The zero-order chi connectivity index (χ0) is 11.7. The van der Waals surface area contributed by atoms with E-state index in [4.69, 9.17) is 0 Å². The summed E-state index contributed by atoms with van der Waals surface area (Å²) < 4.78 is 0. The monoisotopic (exact) mass is 226 g/mol. The van der Waals surface area contributed by atoms with Crippen LogP contribution in [0, 0.1) is 5.92 Å². The highest BCUT2D eigenvalue weighted by Crippen LogP contribution is 2.21. The lowest BCUT2D eigenvalue weighted by molar-refractivity contribution is 0.136. The molecule has 0 amide bonds. The van der Waals surface area contributed by atoms with Crippen LogP contribution in [0.15, 0.2) is 9.59 Å². The number of nitrogens with zero attached hydrogens (tertiary/aromatic N) is 2. The third kappa shape index (κ3) is 1.99. The molecule has 0 aliphatic carbocycles. The standard InChI is InChI=1S/C9H14N4O3/c1-5(14)6-2-3-13(4-6)7-8(15)10-9(16)12-11-7/h5-6,14H,2-4H2,1H3,(H2,10,12,15,16). The zero-order valence-corrected chi connectivity index (χ0v) is 8.93. The Morgan fingerprint density at radius 2 is 2.31 bits per heavy atom. The minimum absolute atomic E-state index is 0.146. The lowest BCUT2D eigenvalue weighted by Gasteiger charge is -2.16. The fourth-order valence-electron chi connectivity index (χ4n) is 1.93. The van der Waals surface area contributed by atoms with Gasteiger partial charge in [0.2, 0.25) is 5.82 Å². The van der Waals surface area contributed by atoms with Gasteiger partial charge in [-0.15, -0.1) is 5.10 Å². The quantitative estimate of drug-likeness (QED) is 0.579. The first-order chi connectivity index (χ1) is 7.58. The third-order valence-electron chi connectivity index (χ3n) is 2.90. The molecule has 88 valence electrons. The molecule has 1 aliphatic rings. The largest absolute Gasteiger partial charge is 0.393 e. The van der Waals surface area contributed by atoms with E-state index in [0.717, 1.165) is 6.42 Å². The van der Waals surface area contributed by atoms with Crippen molar-refractivity contribution in [2.75, 3.05) is 18.0 Å². The molecule has 2 unspecified atom stereocenters. The zero-order valence-electron chi connectivity index (χ0n) is 8.93. The smallest absolute Gasteiger partial charge is 0.342 e. The number of rotatable bonds is 2. The lowest BCUT2D eigenvalue weighted by Crippen LogP contribution is -2.34. The van der Waals surface area contributed by atoms with E-state index in [1.165, 1.54) is 0 Å². The number of aromatic nitrogens is 3. The Morgan fingerprint density at radius 1 is 1.56 bits per heavy atom. The van der Waals surface area contributed by atoms with Crippen molar-refractivity contribution in [1.29, 1.82) is 0 Å². The predicted molar refractivity (Wildman–Crippen MR) is 57.5 cm³/mol. The highest BCUT2D eigenvalue weighted by molar-refractivity contribution is 5.35. The van der Waals surface area contributed by atoms with E-state index in [2.05, 4.69) is 15.2 Å². The summed E-state index contributed by atoms with van der Waals surface area (Å²) in [5.74, 6) is 0.357. The van der Waals surface area contributed by atoms with Crippen molar-refractivity contribution in [3.05, 3.63) is 20.8 Å². The highest BCUT2D eigenvalue weighted by Gasteiger charge is 2.28. The average Bonchev–Trinajstić information content (AvgIpc) is 2.66. The minimum Gasteiger partial charge on any atom is -0.393 e. The molecule has 1 aliphatic heterocycles. The highest BCUT2D eigenvalue weighted by atomic mass is 16.3. The van der Waals surface area contributed by atoms with Gasteiger partial charge >= 0.3 is 5.69 Å². The van der Waals surface area contributed by atoms with Crippen molar-refractivity contribution in [2.24, 2.45) is 5.92 Å². The number of aromatic amines is 2. The molecule has 0 saturated carbocycles. The van der Waals surface area contributed by atoms with Crippen LogP contribution in [-0.4, -0.2) is 39.5 Å². The molecule has 7 nitrogen and oxygen atoms in total. The van der Waals surface area contributed by atoms with Crippen molar-refractivity contribution < 1.29 is 5.11 Å². The number of nitrogens with one attached hydrogen (secondary N) is 2. The van der Waals surface area contributed by atoms with E-state index in [-0.39, 0.29) is 11.7 Å². The molecule has 16 heavy (non-hydrogen) atoms. The van der Waals surface area contributed by atoms with Crippen LogP contribution in [0.3, 0.4) is 0 Å². The number of anilines is 1. The molecule has 1 saturated heterocycles. The van der Waals surface area contributed by atoms with Crippen LogP contribution in [0.1, 0.15) is 13.3 Å².